The maximum atomic E-state index is 11.7. The molecule has 1 aromatic carbocycles. The van der Waals surface area contributed by atoms with Gasteiger partial charge in [0.15, 0.2) is 5.78 Å². The van der Waals surface area contributed by atoms with E-state index in [1.165, 1.54) is 0 Å². The molecule has 0 amide bonds. The molecule has 3 nitrogen and oxygen atoms in total. The number of anilines is 1. The van der Waals surface area contributed by atoms with Crippen molar-refractivity contribution in [2.45, 2.75) is 33.3 Å². The van der Waals surface area contributed by atoms with E-state index in [0.717, 1.165) is 16.7 Å². The highest BCUT2D eigenvalue weighted by atomic mass is 79.9. The normalized spacial score (nSPS) is 11.4. The van der Waals surface area contributed by atoms with Crippen molar-refractivity contribution in [3.63, 3.8) is 0 Å². The van der Waals surface area contributed by atoms with Crippen LogP contribution in [0.3, 0.4) is 0 Å². The lowest BCUT2D eigenvalue weighted by Crippen LogP contribution is -2.39. The second kappa shape index (κ2) is 5.85. The summed E-state index contributed by atoms with van der Waals surface area (Å²) in [4.78, 5) is 13.7. The Kier molecular flexibility index (Phi) is 4.93. The Hall–Kier alpha value is -0.870. The Morgan fingerprint density at radius 1 is 1.44 bits per heavy atom. The Balaban J connectivity index is 3.17. The monoisotopic (exact) mass is 313 g/mol. The van der Waals surface area contributed by atoms with Gasteiger partial charge in [0.2, 0.25) is 0 Å². The third kappa shape index (κ3) is 4.10. The summed E-state index contributed by atoms with van der Waals surface area (Å²) in [7, 11) is 0. The Morgan fingerprint density at radius 3 is 2.50 bits per heavy atom. The van der Waals surface area contributed by atoms with Gasteiger partial charge >= 0.3 is 0 Å². The first-order valence-electron chi connectivity index (χ1n) is 6.02. The molecule has 0 unspecified atom stereocenters. The van der Waals surface area contributed by atoms with E-state index in [2.05, 4.69) is 15.9 Å². The molecule has 4 heteroatoms. The molecule has 0 spiro atoms. The van der Waals surface area contributed by atoms with Crippen LogP contribution in [0.1, 0.15) is 38.1 Å². The summed E-state index contributed by atoms with van der Waals surface area (Å²) in [6.07, 6.45) is 0. The Bertz CT molecular complexity index is 438. The number of hydrogen-bond donors (Lipinski definition) is 1. The molecule has 0 aliphatic rings. The number of rotatable bonds is 5. The molecule has 0 saturated carbocycles. The summed E-state index contributed by atoms with van der Waals surface area (Å²) in [6, 6.07) is 5.65. The largest absolute Gasteiger partial charge is 0.389 e. The molecule has 0 atom stereocenters. The number of likely N-dealkylation sites (N-methyl/N-ethyl adjacent to an activating group) is 1. The van der Waals surface area contributed by atoms with Crippen LogP contribution >= 0.6 is 15.9 Å². The molecule has 1 N–H and O–H groups in total. The third-order valence-corrected chi connectivity index (χ3v) is 3.13. The van der Waals surface area contributed by atoms with Gasteiger partial charge < -0.3 is 10.0 Å². The number of hydrogen-bond acceptors (Lipinski definition) is 3. The van der Waals surface area contributed by atoms with Crippen LogP contribution in [-0.4, -0.2) is 29.6 Å². The highest BCUT2D eigenvalue weighted by Crippen LogP contribution is 2.26. The zero-order chi connectivity index (χ0) is 13.9. The van der Waals surface area contributed by atoms with E-state index < -0.39 is 5.60 Å². The van der Waals surface area contributed by atoms with E-state index in [4.69, 9.17) is 0 Å². The standard InChI is InChI=1S/C14H20BrNO2/c1-5-16(9-14(3,4)18)13-7-6-11(15)8-12(13)10(2)17/h6-8,18H,5,9H2,1-4H3. The average Bonchev–Trinajstić information content (AvgIpc) is 2.24. The molecule has 0 saturated heterocycles. The Labute approximate surface area is 117 Å². The predicted octanol–water partition coefficient (Wildman–Crippen LogP) is 3.25. The van der Waals surface area contributed by atoms with Crippen LogP contribution in [0.4, 0.5) is 5.69 Å². The van der Waals surface area contributed by atoms with Crippen molar-refractivity contribution in [3.05, 3.63) is 28.2 Å². The lowest BCUT2D eigenvalue weighted by molar-refractivity contribution is 0.0872. The van der Waals surface area contributed by atoms with Gasteiger partial charge in [0.05, 0.1) is 5.60 Å². The third-order valence-electron chi connectivity index (χ3n) is 2.64. The summed E-state index contributed by atoms with van der Waals surface area (Å²) in [6.45, 7) is 8.34. The quantitative estimate of drug-likeness (QED) is 0.848. The van der Waals surface area contributed by atoms with Crippen molar-refractivity contribution in [1.29, 1.82) is 0 Å². The summed E-state index contributed by atoms with van der Waals surface area (Å²) < 4.78 is 0.885. The predicted molar refractivity (Wildman–Crippen MR) is 78.3 cm³/mol. The number of aliphatic hydroxyl groups is 1. The zero-order valence-electron chi connectivity index (χ0n) is 11.3. The fourth-order valence-electron chi connectivity index (χ4n) is 1.90. The minimum absolute atomic E-state index is 0.0282. The minimum Gasteiger partial charge on any atom is -0.389 e. The first-order chi connectivity index (χ1) is 8.24. The number of carbonyl (C=O) groups excluding carboxylic acids is 1. The van der Waals surface area contributed by atoms with E-state index in [1.54, 1.807) is 20.8 Å². The number of nitrogens with zero attached hydrogens (tertiary/aromatic N) is 1. The molecular weight excluding hydrogens is 294 g/mol. The fourth-order valence-corrected chi connectivity index (χ4v) is 2.26. The van der Waals surface area contributed by atoms with Gasteiger partial charge in [0.1, 0.15) is 0 Å². The van der Waals surface area contributed by atoms with Crippen LogP contribution in [0.5, 0.6) is 0 Å². The molecule has 0 heterocycles. The second-order valence-electron chi connectivity index (χ2n) is 5.04. The topological polar surface area (TPSA) is 40.5 Å². The molecule has 1 rings (SSSR count). The number of ketones is 1. The SMILES string of the molecule is CCN(CC(C)(C)O)c1ccc(Br)cc1C(C)=O. The molecule has 0 aliphatic carbocycles. The average molecular weight is 314 g/mol. The lowest BCUT2D eigenvalue weighted by Gasteiger charge is -2.31. The van der Waals surface area contributed by atoms with E-state index in [0.29, 0.717) is 12.1 Å². The van der Waals surface area contributed by atoms with Crippen LogP contribution in [0.25, 0.3) is 0 Å². The zero-order valence-corrected chi connectivity index (χ0v) is 12.9. The van der Waals surface area contributed by atoms with Crippen molar-refractivity contribution in [2.75, 3.05) is 18.0 Å². The van der Waals surface area contributed by atoms with Crippen LogP contribution in [0.15, 0.2) is 22.7 Å². The highest BCUT2D eigenvalue weighted by molar-refractivity contribution is 9.10. The van der Waals surface area contributed by atoms with E-state index in [-0.39, 0.29) is 5.78 Å². The second-order valence-corrected chi connectivity index (χ2v) is 5.96. The molecule has 100 valence electrons. The highest BCUT2D eigenvalue weighted by Gasteiger charge is 2.20. The summed E-state index contributed by atoms with van der Waals surface area (Å²) >= 11 is 3.38. The van der Waals surface area contributed by atoms with Crippen molar-refractivity contribution < 1.29 is 9.90 Å². The van der Waals surface area contributed by atoms with Gasteiger partial charge in [-0.1, -0.05) is 15.9 Å². The van der Waals surface area contributed by atoms with Crippen LogP contribution < -0.4 is 4.90 Å². The molecule has 0 bridgehead atoms. The summed E-state index contributed by atoms with van der Waals surface area (Å²) in [5.41, 5.74) is 0.753. The van der Waals surface area contributed by atoms with Gasteiger partial charge in [-0.25, -0.2) is 0 Å². The number of Topliss-reactive ketones (excluding diaryl/α,β-unsaturated/α-hetero) is 1. The van der Waals surface area contributed by atoms with Gasteiger partial charge in [0.25, 0.3) is 0 Å². The van der Waals surface area contributed by atoms with Gasteiger partial charge in [-0.05, 0) is 45.9 Å². The summed E-state index contributed by atoms with van der Waals surface area (Å²) in [5, 5.41) is 9.93. The van der Waals surface area contributed by atoms with E-state index in [9.17, 15) is 9.90 Å². The van der Waals surface area contributed by atoms with Crippen LogP contribution in [0.2, 0.25) is 0 Å². The fraction of sp³-hybridized carbons (Fsp3) is 0.500. The van der Waals surface area contributed by atoms with Gasteiger partial charge in [-0.2, -0.15) is 0 Å². The molecule has 0 aromatic heterocycles. The Morgan fingerprint density at radius 2 is 2.06 bits per heavy atom. The molecule has 0 radical (unpaired) electrons. The lowest BCUT2D eigenvalue weighted by atomic mass is 10.1. The molecule has 1 aromatic rings. The van der Waals surface area contributed by atoms with Gasteiger partial charge in [-0.3, -0.25) is 4.79 Å². The maximum Gasteiger partial charge on any atom is 0.161 e. The maximum absolute atomic E-state index is 11.7. The van der Waals surface area contributed by atoms with Gasteiger partial charge in [-0.15, -0.1) is 0 Å². The number of benzene rings is 1. The smallest absolute Gasteiger partial charge is 0.161 e. The van der Waals surface area contributed by atoms with E-state index in [1.807, 2.05) is 30.0 Å². The van der Waals surface area contributed by atoms with Gasteiger partial charge in [0, 0.05) is 28.8 Å². The molecule has 0 fully saturated rings. The molecule has 18 heavy (non-hydrogen) atoms. The van der Waals surface area contributed by atoms with Crippen molar-refractivity contribution in [3.8, 4) is 0 Å². The molecular formula is C14H20BrNO2. The van der Waals surface area contributed by atoms with E-state index >= 15 is 0 Å². The number of halogens is 1. The first-order valence-corrected chi connectivity index (χ1v) is 6.81. The van der Waals surface area contributed by atoms with Crippen molar-refractivity contribution in [2.24, 2.45) is 0 Å². The number of carbonyl (C=O) groups is 1. The van der Waals surface area contributed by atoms with Crippen molar-refractivity contribution >= 4 is 27.4 Å². The molecule has 0 aliphatic heterocycles. The van der Waals surface area contributed by atoms with Crippen LogP contribution in [0, 0.1) is 0 Å². The summed E-state index contributed by atoms with van der Waals surface area (Å²) in [5.74, 6) is 0.0282. The van der Waals surface area contributed by atoms with Crippen molar-refractivity contribution in [1.82, 2.24) is 0 Å². The first kappa shape index (κ1) is 15.2. The minimum atomic E-state index is -0.795. The van der Waals surface area contributed by atoms with Crippen LogP contribution in [-0.2, 0) is 0 Å².